The fourth-order valence-electron chi connectivity index (χ4n) is 2.97. The zero-order valence-electron chi connectivity index (χ0n) is 14.3. The highest BCUT2D eigenvalue weighted by Gasteiger charge is 2.33. The second-order valence-electron chi connectivity index (χ2n) is 7.03. The van der Waals surface area contributed by atoms with Gasteiger partial charge in [0.2, 0.25) is 0 Å². The van der Waals surface area contributed by atoms with Crippen molar-refractivity contribution in [3.8, 4) is 0 Å². The van der Waals surface area contributed by atoms with Crippen molar-refractivity contribution in [1.29, 1.82) is 0 Å². The molecule has 2 atom stereocenters. The van der Waals surface area contributed by atoms with Gasteiger partial charge in [0.15, 0.2) is 0 Å². The van der Waals surface area contributed by atoms with E-state index in [2.05, 4.69) is 37.9 Å². The minimum absolute atomic E-state index is 0.00821. The molecule has 1 saturated heterocycles. The summed E-state index contributed by atoms with van der Waals surface area (Å²) < 4.78 is 5.79. The second kappa shape index (κ2) is 6.80. The number of ether oxygens (including phenoxy) is 1. The predicted molar refractivity (Wildman–Crippen MR) is 89.2 cm³/mol. The second-order valence-corrected chi connectivity index (χ2v) is 7.03. The Morgan fingerprint density at radius 2 is 1.95 bits per heavy atom. The standard InChI is InChI=1S/C18H28N2O2/c1-13-7-6-8-16(9-13)17(21)19-12-18(4,5)20-10-14(2)22-15(3)11-20/h6-9,14-15H,10-12H2,1-5H3,(H,19,21)/t14-,15-/m0/s1. The summed E-state index contributed by atoms with van der Waals surface area (Å²) in [5.74, 6) is -0.00821. The highest BCUT2D eigenvalue weighted by Crippen LogP contribution is 2.20. The molecule has 0 spiro atoms. The van der Waals surface area contributed by atoms with Crippen LogP contribution in [-0.4, -0.2) is 48.2 Å². The van der Waals surface area contributed by atoms with Crippen LogP contribution in [0.3, 0.4) is 0 Å². The van der Waals surface area contributed by atoms with Gasteiger partial charge in [-0.15, -0.1) is 0 Å². The van der Waals surface area contributed by atoms with Gasteiger partial charge in [0.05, 0.1) is 12.2 Å². The Labute approximate surface area is 133 Å². The van der Waals surface area contributed by atoms with Crippen molar-refractivity contribution >= 4 is 5.91 Å². The van der Waals surface area contributed by atoms with E-state index in [1.165, 1.54) is 0 Å². The molecule has 122 valence electrons. The molecule has 1 heterocycles. The topological polar surface area (TPSA) is 41.6 Å². The third-order valence-electron chi connectivity index (χ3n) is 4.24. The smallest absolute Gasteiger partial charge is 0.251 e. The first kappa shape index (κ1) is 17.0. The van der Waals surface area contributed by atoms with Crippen LogP contribution in [0.15, 0.2) is 24.3 Å². The Bertz CT molecular complexity index is 518. The molecule has 1 aromatic carbocycles. The number of hydrogen-bond donors (Lipinski definition) is 1. The molecule has 0 saturated carbocycles. The lowest BCUT2D eigenvalue weighted by atomic mass is 9.99. The molecule has 2 rings (SSSR count). The molecule has 22 heavy (non-hydrogen) atoms. The quantitative estimate of drug-likeness (QED) is 0.929. The van der Waals surface area contributed by atoms with E-state index in [1.54, 1.807) is 0 Å². The van der Waals surface area contributed by atoms with E-state index in [4.69, 9.17) is 4.74 Å². The fourth-order valence-corrected chi connectivity index (χ4v) is 2.97. The maximum atomic E-state index is 12.3. The van der Waals surface area contributed by atoms with Gasteiger partial charge in [0, 0.05) is 30.7 Å². The number of nitrogens with one attached hydrogen (secondary N) is 1. The molecule has 1 aliphatic heterocycles. The van der Waals surface area contributed by atoms with Gasteiger partial charge in [-0.3, -0.25) is 9.69 Å². The van der Waals surface area contributed by atoms with E-state index in [9.17, 15) is 4.79 Å². The van der Waals surface area contributed by atoms with Gasteiger partial charge in [0.25, 0.3) is 5.91 Å². The largest absolute Gasteiger partial charge is 0.373 e. The SMILES string of the molecule is Cc1cccc(C(=O)NCC(C)(C)N2C[C@H](C)O[C@@H](C)C2)c1. The third kappa shape index (κ3) is 4.31. The third-order valence-corrected chi connectivity index (χ3v) is 4.24. The predicted octanol–water partition coefficient (Wildman–Crippen LogP) is 2.61. The number of aryl methyl sites for hydroxylation is 1. The minimum Gasteiger partial charge on any atom is -0.373 e. The van der Waals surface area contributed by atoms with Crippen LogP contribution in [0.1, 0.15) is 43.6 Å². The van der Waals surface area contributed by atoms with Crippen LogP contribution in [-0.2, 0) is 4.74 Å². The average molecular weight is 304 g/mol. The van der Waals surface area contributed by atoms with Gasteiger partial charge in [-0.05, 0) is 46.8 Å². The van der Waals surface area contributed by atoms with Crippen LogP contribution in [0, 0.1) is 6.92 Å². The Hall–Kier alpha value is -1.39. The lowest BCUT2D eigenvalue weighted by Gasteiger charge is -2.45. The zero-order valence-corrected chi connectivity index (χ0v) is 14.3. The van der Waals surface area contributed by atoms with Crippen molar-refractivity contribution < 1.29 is 9.53 Å². The molecular weight excluding hydrogens is 276 g/mol. The maximum Gasteiger partial charge on any atom is 0.251 e. The summed E-state index contributed by atoms with van der Waals surface area (Å²) in [7, 11) is 0. The highest BCUT2D eigenvalue weighted by atomic mass is 16.5. The fraction of sp³-hybridized carbons (Fsp3) is 0.611. The van der Waals surface area contributed by atoms with Crippen LogP contribution in [0.2, 0.25) is 0 Å². The van der Waals surface area contributed by atoms with Crippen molar-refractivity contribution in [2.24, 2.45) is 0 Å². The van der Waals surface area contributed by atoms with Gasteiger partial charge in [0.1, 0.15) is 0 Å². The zero-order chi connectivity index (χ0) is 16.3. The van der Waals surface area contributed by atoms with E-state index in [0.29, 0.717) is 6.54 Å². The summed E-state index contributed by atoms with van der Waals surface area (Å²) in [4.78, 5) is 14.7. The molecule has 1 aromatic rings. The average Bonchev–Trinajstić information content (AvgIpc) is 2.44. The number of hydrogen-bond acceptors (Lipinski definition) is 3. The molecule has 0 unspecified atom stereocenters. The maximum absolute atomic E-state index is 12.3. The van der Waals surface area contributed by atoms with Crippen molar-refractivity contribution in [1.82, 2.24) is 10.2 Å². The highest BCUT2D eigenvalue weighted by molar-refractivity contribution is 5.94. The van der Waals surface area contributed by atoms with Gasteiger partial charge >= 0.3 is 0 Å². The molecule has 0 aliphatic carbocycles. The van der Waals surface area contributed by atoms with E-state index < -0.39 is 0 Å². The van der Waals surface area contributed by atoms with E-state index in [-0.39, 0.29) is 23.7 Å². The number of rotatable bonds is 4. The molecule has 4 heteroatoms. The summed E-state index contributed by atoms with van der Waals surface area (Å²) in [6, 6.07) is 7.69. The number of nitrogens with zero attached hydrogens (tertiary/aromatic N) is 1. The first-order valence-corrected chi connectivity index (χ1v) is 8.03. The van der Waals surface area contributed by atoms with Crippen molar-refractivity contribution in [2.45, 2.75) is 52.4 Å². The summed E-state index contributed by atoms with van der Waals surface area (Å²) in [5.41, 5.74) is 1.73. The number of carbonyl (C=O) groups excluding carboxylic acids is 1. The number of carbonyl (C=O) groups is 1. The molecular formula is C18H28N2O2. The molecule has 0 aromatic heterocycles. The van der Waals surface area contributed by atoms with Crippen LogP contribution in [0.5, 0.6) is 0 Å². The van der Waals surface area contributed by atoms with Gasteiger partial charge in [-0.25, -0.2) is 0 Å². The Morgan fingerprint density at radius 3 is 2.55 bits per heavy atom. The molecule has 0 bridgehead atoms. The monoisotopic (exact) mass is 304 g/mol. The van der Waals surface area contributed by atoms with E-state index >= 15 is 0 Å². The molecule has 4 nitrogen and oxygen atoms in total. The minimum atomic E-state index is -0.0915. The van der Waals surface area contributed by atoms with Gasteiger partial charge in [-0.1, -0.05) is 17.7 Å². The van der Waals surface area contributed by atoms with E-state index in [0.717, 1.165) is 24.2 Å². The van der Waals surface area contributed by atoms with Crippen molar-refractivity contribution in [3.63, 3.8) is 0 Å². The Balaban J connectivity index is 1.95. The van der Waals surface area contributed by atoms with E-state index in [1.807, 2.05) is 31.2 Å². The van der Waals surface area contributed by atoms with Crippen molar-refractivity contribution in [2.75, 3.05) is 19.6 Å². The number of amides is 1. The number of benzene rings is 1. The van der Waals surface area contributed by atoms with Crippen LogP contribution >= 0.6 is 0 Å². The Kier molecular flexibility index (Phi) is 5.24. The summed E-state index contributed by atoms with van der Waals surface area (Å²) in [5, 5.41) is 3.07. The molecule has 1 fully saturated rings. The molecule has 1 N–H and O–H groups in total. The molecule has 0 radical (unpaired) electrons. The first-order valence-electron chi connectivity index (χ1n) is 8.03. The normalized spacial score (nSPS) is 23.3. The van der Waals surface area contributed by atoms with Crippen LogP contribution < -0.4 is 5.32 Å². The van der Waals surface area contributed by atoms with Crippen molar-refractivity contribution in [3.05, 3.63) is 35.4 Å². The number of morpholine rings is 1. The molecule has 1 amide bonds. The first-order chi connectivity index (χ1) is 10.3. The summed E-state index contributed by atoms with van der Waals surface area (Å²) >= 11 is 0. The molecule has 1 aliphatic rings. The lowest BCUT2D eigenvalue weighted by Crippen LogP contribution is -2.58. The summed E-state index contributed by atoms with van der Waals surface area (Å²) in [6.07, 6.45) is 0.464. The lowest BCUT2D eigenvalue weighted by molar-refractivity contribution is -0.0948. The Morgan fingerprint density at radius 1 is 1.32 bits per heavy atom. The van der Waals surface area contributed by atoms with Crippen LogP contribution in [0.4, 0.5) is 0 Å². The van der Waals surface area contributed by atoms with Gasteiger partial charge in [-0.2, -0.15) is 0 Å². The van der Waals surface area contributed by atoms with Gasteiger partial charge < -0.3 is 10.1 Å². The van der Waals surface area contributed by atoms with Crippen LogP contribution in [0.25, 0.3) is 0 Å². The summed E-state index contributed by atoms with van der Waals surface area (Å²) in [6.45, 7) is 13.0.